The molecule has 0 aliphatic heterocycles. The van der Waals surface area contributed by atoms with Gasteiger partial charge in [-0.2, -0.15) is 0 Å². The second kappa shape index (κ2) is 4.63. The Morgan fingerprint density at radius 3 is 2.29 bits per heavy atom. The van der Waals surface area contributed by atoms with Gasteiger partial charge >= 0.3 is 0 Å². The second-order valence-electron chi connectivity index (χ2n) is 3.47. The quantitative estimate of drug-likeness (QED) is 0.783. The minimum Gasteiger partial charge on any atom is -0.394 e. The molecule has 0 radical (unpaired) electrons. The van der Waals surface area contributed by atoms with Crippen molar-refractivity contribution in [3.8, 4) is 0 Å². The van der Waals surface area contributed by atoms with E-state index in [1.165, 1.54) is 0 Å². The number of halogens is 3. The van der Waals surface area contributed by atoms with E-state index in [2.05, 4.69) is 0 Å². The molecule has 1 atom stereocenters. The number of benzene rings is 1. The van der Waals surface area contributed by atoms with Gasteiger partial charge in [0.15, 0.2) is 21.5 Å². The van der Waals surface area contributed by atoms with Gasteiger partial charge in [0.05, 0.1) is 12.6 Å². The fourth-order valence-electron chi connectivity index (χ4n) is 1.30. The van der Waals surface area contributed by atoms with Crippen LogP contribution in [0.3, 0.4) is 0 Å². The predicted molar refractivity (Wildman–Crippen MR) is 53.4 cm³/mol. The molecule has 1 rings (SSSR count). The summed E-state index contributed by atoms with van der Waals surface area (Å²) in [5, 5.41) is 8.67. The van der Waals surface area contributed by atoms with Crippen molar-refractivity contribution in [2.45, 2.75) is 10.9 Å². The maximum Gasteiger partial charge on any atom is 0.181 e. The summed E-state index contributed by atoms with van der Waals surface area (Å²) in [7, 11) is -4.23. The molecule has 4 nitrogen and oxygen atoms in total. The molecule has 0 saturated heterocycles. The van der Waals surface area contributed by atoms with Gasteiger partial charge in [0, 0.05) is 11.8 Å². The Labute approximate surface area is 95.8 Å². The largest absolute Gasteiger partial charge is 0.394 e. The van der Waals surface area contributed by atoms with E-state index in [0.29, 0.717) is 12.3 Å². The fraction of sp³-hybridized carbons (Fsp3) is 0.333. The molecule has 1 aromatic rings. The van der Waals surface area contributed by atoms with Gasteiger partial charge in [0.25, 0.3) is 0 Å². The molecule has 0 bridgehead atoms. The summed E-state index contributed by atoms with van der Waals surface area (Å²) in [6, 6.07) is -0.858. The number of sulfone groups is 1. The van der Waals surface area contributed by atoms with Crippen LogP contribution in [0, 0.1) is 17.5 Å². The van der Waals surface area contributed by atoms with Gasteiger partial charge in [-0.05, 0) is 6.07 Å². The van der Waals surface area contributed by atoms with Crippen molar-refractivity contribution < 1.29 is 26.7 Å². The van der Waals surface area contributed by atoms with E-state index in [4.69, 9.17) is 10.8 Å². The molecule has 0 spiro atoms. The first kappa shape index (κ1) is 13.9. The lowest BCUT2D eigenvalue weighted by molar-refractivity contribution is 0.263. The van der Waals surface area contributed by atoms with E-state index in [9.17, 15) is 21.6 Å². The minimum atomic E-state index is -4.23. The van der Waals surface area contributed by atoms with Crippen LogP contribution in [-0.2, 0) is 9.84 Å². The SMILES string of the molecule is CS(=O)(=O)c1c(F)cc(C(N)CO)c(F)c1F. The zero-order valence-corrected chi connectivity index (χ0v) is 9.56. The van der Waals surface area contributed by atoms with Crippen molar-refractivity contribution in [3.05, 3.63) is 29.1 Å². The Kier molecular flexibility index (Phi) is 3.80. The molecule has 1 aromatic carbocycles. The zero-order valence-electron chi connectivity index (χ0n) is 8.75. The van der Waals surface area contributed by atoms with E-state index in [-0.39, 0.29) is 0 Å². The molecule has 8 heteroatoms. The molecule has 0 fully saturated rings. The summed E-state index contributed by atoms with van der Waals surface area (Å²) in [6.07, 6.45) is 0.555. The van der Waals surface area contributed by atoms with Crippen molar-refractivity contribution in [2.24, 2.45) is 5.73 Å². The summed E-state index contributed by atoms with van der Waals surface area (Å²) in [4.78, 5) is -1.34. The van der Waals surface area contributed by atoms with E-state index in [0.717, 1.165) is 0 Å². The highest BCUT2D eigenvalue weighted by Crippen LogP contribution is 2.26. The van der Waals surface area contributed by atoms with Crippen molar-refractivity contribution in [3.63, 3.8) is 0 Å². The fourth-order valence-corrected chi connectivity index (χ4v) is 2.13. The van der Waals surface area contributed by atoms with Crippen LogP contribution in [0.5, 0.6) is 0 Å². The average molecular weight is 269 g/mol. The van der Waals surface area contributed by atoms with Crippen molar-refractivity contribution in [1.29, 1.82) is 0 Å². The van der Waals surface area contributed by atoms with Gasteiger partial charge in [0.1, 0.15) is 10.7 Å². The molecule has 0 aliphatic carbocycles. The lowest BCUT2D eigenvalue weighted by Gasteiger charge is -2.12. The Bertz CT molecular complexity index is 545. The van der Waals surface area contributed by atoms with Crippen LogP contribution in [0.15, 0.2) is 11.0 Å². The normalized spacial score (nSPS) is 13.8. The number of nitrogens with two attached hydrogens (primary N) is 1. The first-order valence-electron chi connectivity index (χ1n) is 4.44. The molecule has 3 N–H and O–H groups in total. The molecule has 1 unspecified atom stereocenters. The highest BCUT2D eigenvalue weighted by atomic mass is 32.2. The summed E-state index contributed by atoms with van der Waals surface area (Å²) >= 11 is 0. The smallest absolute Gasteiger partial charge is 0.181 e. The maximum atomic E-state index is 13.4. The van der Waals surface area contributed by atoms with Crippen molar-refractivity contribution in [1.82, 2.24) is 0 Å². The average Bonchev–Trinajstić information content (AvgIpc) is 2.20. The Morgan fingerprint density at radius 2 is 1.88 bits per heavy atom. The van der Waals surface area contributed by atoms with Crippen LogP contribution in [0.4, 0.5) is 13.2 Å². The molecular weight excluding hydrogens is 259 g/mol. The van der Waals surface area contributed by atoms with Gasteiger partial charge in [0.2, 0.25) is 0 Å². The number of rotatable bonds is 3. The van der Waals surface area contributed by atoms with Crippen molar-refractivity contribution >= 4 is 9.84 Å². The summed E-state index contributed by atoms with van der Waals surface area (Å²) in [5.74, 6) is -4.84. The summed E-state index contributed by atoms with van der Waals surface area (Å²) in [6.45, 7) is -0.728. The molecule has 17 heavy (non-hydrogen) atoms. The monoisotopic (exact) mass is 269 g/mol. The van der Waals surface area contributed by atoms with E-state index in [1.54, 1.807) is 0 Å². The zero-order chi connectivity index (χ0) is 13.4. The third-order valence-electron chi connectivity index (χ3n) is 2.11. The predicted octanol–water partition coefficient (Wildman–Crippen LogP) is 0.500. The van der Waals surface area contributed by atoms with Crippen LogP contribution in [-0.4, -0.2) is 26.4 Å². The lowest BCUT2D eigenvalue weighted by Crippen LogP contribution is -2.19. The second-order valence-corrected chi connectivity index (χ2v) is 5.42. The van der Waals surface area contributed by atoms with Crippen LogP contribution in [0.1, 0.15) is 11.6 Å². The molecule has 0 saturated carbocycles. The number of aliphatic hydroxyl groups excluding tert-OH is 1. The van der Waals surface area contributed by atoms with Gasteiger partial charge < -0.3 is 10.8 Å². The van der Waals surface area contributed by atoms with E-state index in [1.807, 2.05) is 0 Å². The Morgan fingerprint density at radius 1 is 1.35 bits per heavy atom. The van der Waals surface area contributed by atoms with E-state index >= 15 is 0 Å². The van der Waals surface area contributed by atoms with E-state index < -0.39 is 50.4 Å². The molecule has 96 valence electrons. The first-order valence-corrected chi connectivity index (χ1v) is 6.33. The Balaban J connectivity index is 3.59. The highest BCUT2D eigenvalue weighted by Gasteiger charge is 2.27. The van der Waals surface area contributed by atoms with Gasteiger partial charge in [-0.15, -0.1) is 0 Å². The molecule has 0 aromatic heterocycles. The molecule has 0 aliphatic rings. The molecular formula is C9H10F3NO3S. The number of hydrogen-bond acceptors (Lipinski definition) is 4. The van der Waals surface area contributed by atoms with Crippen LogP contribution in [0.25, 0.3) is 0 Å². The molecule has 0 amide bonds. The number of hydrogen-bond donors (Lipinski definition) is 2. The van der Waals surface area contributed by atoms with Crippen LogP contribution in [0.2, 0.25) is 0 Å². The molecule has 0 heterocycles. The van der Waals surface area contributed by atoms with Gasteiger partial charge in [-0.3, -0.25) is 0 Å². The first-order chi connectivity index (χ1) is 7.70. The topological polar surface area (TPSA) is 80.4 Å². The van der Waals surface area contributed by atoms with Crippen LogP contribution < -0.4 is 5.73 Å². The highest BCUT2D eigenvalue weighted by molar-refractivity contribution is 7.90. The van der Waals surface area contributed by atoms with Gasteiger partial charge in [-0.1, -0.05) is 0 Å². The third kappa shape index (κ3) is 2.59. The van der Waals surface area contributed by atoms with Gasteiger partial charge in [-0.25, -0.2) is 21.6 Å². The standard InChI is InChI=1S/C9H10F3NO3S/c1-17(15,16)9-5(10)2-4(6(13)3-14)7(11)8(9)12/h2,6,14H,3,13H2,1H3. The third-order valence-corrected chi connectivity index (χ3v) is 3.23. The van der Waals surface area contributed by atoms with Crippen molar-refractivity contribution in [2.75, 3.05) is 12.9 Å². The summed E-state index contributed by atoms with van der Waals surface area (Å²) < 4.78 is 62.3. The lowest BCUT2D eigenvalue weighted by atomic mass is 10.1. The summed E-state index contributed by atoms with van der Waals surface area (Å²) in [5.41, 5.74) is 4.60. The van der Waals surface area contributed by atoms with Crippen LogP contribution >= 0.6 is 0 Å². The number of aliphatic hydroxyl groups is 1. The Hall–Kier alpha value is -1.12. The minimum absolute atomic E-state index is 0.468. The maximum absolute atomic E-state index is 13.4.